The van der Waals surface area contributed by atoms with Crippen molar-refractivity contribution in [1.82, 2.24) is 29.4 Å². The molecule has 47 heavy (non-hydrogen) atoms. The molecule has 0 spiro atoms. The van der Waals surface area contributed by atoms with Crippen LogP contribution in [0.5, 0.6) is 5.75 Å². The number of ether oxygens (including phenoxy) is 2. The first-order chi connectivity index (χ1) is 21.8. The van der Waals surface area contributed by atoms with Crippen molar-refractivity contribution >= 4 is 58.3 Å². The molecule has 2 aliphatic rings. The van der Waals surface area contributed by atoms with Gasteiger partial charge >= 0.3 is 13.7 Å². The minimum atomic E-state index is -4.64. The van der Waals surface area contributed by atoms with Crippen LogP contribution in [-0.4, -0.2) is 87.1 Å². The third-order valence-electron chi connectivity index (χ3n) is 7.45. The van der Waals surface area contributed by atoms with Crippen molar-refractivity contribution < 1.29 is 46.5 Å². The molecule has 5 rings (SSSR count). The number of carbonyl (C=O) groups excluding carboxylic acids is 1. The van der Waals surface area contributed by atoms with Gasteiger partial charge in [0.15, 0.2) is 23.2 Å². The number of hydrogen-bond acceptors (Lipinski definition) is 15. The Morgan fingerprint density at radius 1 is 1.28 bits per heavy atom. The van der Waals surface area contributed by atoms with Crippen LogP contribution >= 0.6 is 19.3 Å². The lowest BCUT2D eigenvalue weighted by Crippen LogP contribution is -2.49. The molecule has 2 fully saturated rings. The van der Waals surface area contributed by atoms with Gasteiger partial charge in [-0.3, -0.25) is 18.9 Å². The normalized spacial score (nSPS) is 24.9. The van der Waals surface area contributed by atoms with Crippen molar-refractivity contribution in [2.24, 2.45) is 0 Å². The molecule has 3 heterocycles. The SMILES string of the molecule is CN(NS(C)(=O)=O)c1nc(N)nc2c1ncn2[C@@H]1OC(OP(=O)(NC(C)(C)C(=O)OC2CCC2)Oc2ccc(Cl)cc2)C(O)[C@@]1(C)O. The highest BCUT2D eigenvalue weighted by molar-refractivity contribution is 7.88. The number of imidazole rings is 1. The highest BCUT2D eigenvalue weighted by atomic mass is 35.5. The van der Waals surface area contributed by atoms with E-state index >= 15 is 0 Å². The molecule has 21 heteroatoms. The second kappa shape index (κ2) is 12.7. The third-order valence-corrected chi connectivity index (χ3v) is 10.1. The fourth-order valence-electron chi connectivity index (χ4n) is 4.82. The smallest absolute Gasteiger partial charge is 0.461 e. The van der Waals surface area contributed by atoms with Crippen molar-refractivity contribution in [3.8, 4) is 5.75 Å². The number of carbonyl (C=O) groups is 1. The van der Waals surface area contributed by atoms with E-state index in [1.165, 1.54) is 63.0 Å². The Bertz CT molecular complexity index is 1800. The van der Waals surface area contributed by atoms with Gasteiger partial charge in [-0.05, 0) is 64.3 Å². The molecule has 0 bridgehead atoms. The van der Waals surface area contributed by atoms with Crippen molar-refractivity contribution in [1.29, 1.82) is 0 Å². The summed E-state index contributed by atoms with van der Waals surface area (Å²) < 4.78 is 62.2. The number of esters is 1. The summed E-state index contributed by atoms with van der Waals surface area (Å²) in [5.41, 5.74) is 2.21. The predicted molar refractivity (Wildman–Crippen MR) is 168 cm³/mol. The number of halogens is 1. The molecule has 1 saturated carbocycles. The average Bonchev–Trinajstić information content (AvgIpc) is 3.43. The van der Waals surface area contributed by atoms with Crippen molar-refractivity contribution in [2.75, 3.05) is 24.0 Å². The molecule has 6 N–H and O–H groups in total. The maximum Gasteiger partial charge on any atom is 0.462 e. The lowest BCUT2D eigenvalue weighted by Gasteiger charge is -2.33. The monoisotopic (exact) mass is 718 g/mol. The Labute approximate surface area is 275 Å². The molecule has 1 saturated heterocycles. The minimum absolute atomic E-state index is 0.00799. The third kappa shape index (κ3) is 7.63. The quantitative estimate of drug-likeness (QED) is 0.101. The van der Waals surface area contributed by atoms with Crippen LogP contribution < -0.4 is 25.2 Å². The summed E-state index contributed by atoms with van der Waals surface area (Å²) in [4.78, 5) is 27.8. The largest absolute Gasteiger partial charge is 0.462 e. The first kappa shape index (κ1) is 35.2. The summed E-state index contributed by atoms with van der Waals surface area (Å²) >= 11 is 5.99. The molecule has 0 amide bonds. The molecule has 258 valence electrons. The molecule has 18 nitrogen and oxygen atoms in total. The van der Waals surface area contributed by atoms with Crippen LogP contribution in [-0.2, 0) is 33.4 Å². The summed E-state index contributed by atoms with van der Waals surface area (Å²) in [6, 6.07) is 5.79. The van der Waals surface area contributed by atoms with E-state index in [0.29, 0.717) is 17.9 Å². The van der Waals surface area contributed by atoms with Crippen LogP contribution in [0, 0.1) is 0 Å². The Balaban J connectivity index is 1.46. The van der Waals surface area contributed by atoms with E-state index < -0.39 is 53.5 Å². The Morgan fingerprint density at radius 3 is 2.53 bits per heavy atom. The first-order valence-corrected chi connectivity index (χ1v) is 18.1. The van der Waals surface area contributed by atoms with Gasteiger partial charge in [0, 0.05) is 12.1 Å². The second-order valence-corrected chi connectivity index (χ2v) is 15.8. The highest BCUT2D eigenvalue weighted by Gasteiger charge is 2.57. The summed E-state index contributed by atoms with van der Waals surface area (Å²) in [5.74, 6) is -0.972. The highest BCUT2D eigenvalue weighted by Crippen LogP contribution is 2.52. The number of fused-ring (bicyclic) bond motifs is 1. The number of anilines is 2. The van der Waals surface area contributed by atoms with Crippen LogP contribution in [0.25, 0.3) is 11.2 Å². The van der Waals surface area contributed by atoms with E-state index in [-0.39, 0.29) is 34.8 Å². The number of rotatable bonds is 12. The Kier molecular flexibility index (Phi) is 9.52. The molecule has 1 aliphatic heterocycles. The number of aliphatic hydroxyl groups is 2. The number of hydrogen-bond donors (Lipinski definition) is 5. The molecular weight excluding hydrogens is 683 g/mol. The van der Waals surface area contributed by atoms with E-state index in [9.17, 15) is 28.0 Å². The van der Waals surface area contributed by atoms with E-state index in [1.54, 1.807) is 0 Å². The number of nitrogens with one attached hydrogen (secondary N) is 2. The Morgan fingerprint density at radius 2 is 1.94 bits per heavy atom. The van der Waals surface area contributed by atoms with Gasteiger partial charge in [-0.1, -0.05) is 11.6 Å². The predicted octanol–water partition coefficient (Wildman–Crippen LogP) is 1.60. The summed E-state index contributed by atoms with van der Waals surface area (Å²) in [5, 5.41) is 26.7. The summed E-state index contributed by atoms with van der Waals surface area (Å²) in [6.45, 7) is 4.09. The fraction of sp³-hybridized carbons (Fsp3) is 0.538. The molecule has 3 unspecified atom stereocenters. The van der Waals surface area contributed by atoms with Gasteiger partial charge in [-0.15, -0.1) is 4.83 Å². The zero-order valence-corrected chi connectivity index (χ0v) is 28.5. The molecular formula is C26H36ClN8O10PS. The van der Waals surface area contributed by atoms with E-state index in [1.807, 2.05) is 0 Å². The number of benzene rings is 1. The van der Waals surface area contributed by atoms with Crippen LogP contribution in [0.1, 0.15) is 46.3 Å². The van der Waals surface area contributed by atoms with Gasteiger partial charge in [0.2, 0.25) is 22.3 Å². The molecule has 5 atom stereocenters. The Hall–Kier alpha value is -3.13. The van der Waals surface area contributed by atoms with Gasteiger partial charge in [-0.2, -0.15) is 15.1 Å². The van der Waals surface area contributed by atoms with Crippen molar-refractivity contribution in [3.63, 3.8) is 0 Å². The van der Waals surface area contributed by atoms with Gasteiger partial charge in [-0.25, -0.2) is 18.0 Å². The van der Waals surface area contributed by atoms with Crippen LogP contribution in [0.3, 0.4) is 0 Å². The number of hydrazine groups is 1. The topological polar surface area (TPSA) is 243 Å². The fourth-order valence-corrected chi connectivity index (χ4v) is 7.29. The van der Waals surface area contributed by atoms with Crippen LogP contribution in [0.2, 0.25) is 5.02 Å². The van der Waals surface area contributed by atoms with Gasteiger partial charge < -0.3 is 29.9 Å². The van der Waals surface area contributed by atoms with E-state index in [0.717, 1.165) is 17.7 Å². The summed E-state index contributed by atoms with van der Waals surface area (Å²) in [6.07, 6.45) is -0.930. The molecule has 3 aromatic rings. The van der Waals surface area contributed by atoms with Gasteiger partial charge in [0.1, 0.15) is 29.1 Å². The first-order valence-electron chi connectivity index (χ1n) is 14.3. The van der Waals surface area contributed by atoms with Crippen LogP contribution in [0.15, 0.2) is 30.6 Å². The molecule has 0 radical (unpaired) electrons. The van der Waals surface area contributed by atoms with E-state index in [2.05, 4.69) is 24.9 Å². The summed E-state index contributed by atoms with van der Waals surface area (Å²) in [7, 11) is -6.99. The van der Waals surface area contributed by atoms with Crippen LogP contribution in [0.4, 0.5) is 11.8 Å². The van der Waals surface area contributed by atoms with Gasteiger partial charge in [0.05, 0.1) is 12.6 Å². The standard InChI is InChI=1S/C26H36ClN8O10PS/c1-25(2,23(37)42-15-7-6-8-15)32-46(39,44-16-11-9-14(27)10-12-16)45-21-18(36)26(3,38)22(43-21)35-13-29-17-19(30-24(28)31-20(17)35)34(4)33-47(5,40)41/h9-13,15,18,21-22,33,36,38H,6-8H2,1-5H3,(H,32,39)(H2,28,30,31)/t18?,21?,22-,26-,46?/m1/s1. The number of nitrogens with two attached hydrogens (primary N) is 1. The maximum atomic E-state index is 14.4. The second-order valence-electron chi connectivity index (χ2n) is 12.0. The average molecular weight is 719 g/mol. The number of sulfonamides is 1. The van der Waals surface area contributed by atoms with Gasteiger partial charge in [0.25, 0.3) is 0 Å². The molecule has 2 aromatic heterocycles. The maximum absolute atomic E-state index is 14.4. The molecule has 1 aromatic carbocycles. The number of aromatic nitrogens is 4. The van der Waals surface area contributed by atoms with Crippen molar-refractivity contribution in [3.05, 3.63) is 35.6 Å². The lowest BCUT2D eigenvalue weighted by molar-refractivity contribution is -0.159. The molecule has 1 aliphatic carbocycles. The minimum Gasteiger partial charge on any atom is -0.461 e. The van der Waals surface area contributed by atoms with E-state index in [4.69, 9.17) is 35.9 Å². The number of aliphatic hydroxyl groups excluding tert-OH is 1. The number of nitrogen functional groups attached to an aromatic ring is 1. The number of nitrogens with zero attached hydrogens (tertiary/aromatic N) is 5. The zero-order chi connectivity index (χ0) is 34.5. The van der Waals surface area contributed by atoms with Crippen molar-refractivity contribution in [2.45, 2.75) is 75.9 Å². The zero-order valence-electron chi connectivity index (χ0n) is 26.0. The lowest BCUT2D eigenvalue weighted by atomic mass is 9.96.